The smallest absolute Gasteiger partial charge is 0.381 e. The molecule has 1 aliphatic heterocycles. The van der Waals surface area contributed by atoms with Crippen molar-refractivity contribution in [2.45, 2.75) is 12.2 Å². The highest BCUT2D eigenvalue weighted by atomic mass is 19.4. The number of carbonyl (C=O) groups excluding carboxylic acids is 1. The van der Waals surface area contributed by atoms with Gasteiger partial charge in [0.15, 0.2) is 0 Å². The molecule has 3 rings (SSSR count). The summed E-state index contributed by atoms with van der Waals surface area (Å²) in [6.07, 6.45) is -4.48. The molecule has 1 saturated carbocycles. The molecule has 2 fully saturated rings. The first kappa shape index (κ1) is 13.2. The Labute approximate surface area is 113 Å². The van der Waals surface area contributed by atoms with E-state index < -0.39 is 17.6 Å². The summed E-state index contributed by atoms with van der Waals surface area (Å²) in [6, 6.07) is 3.27. The first-order valence-electron chi connectivity index (χ1n) is 6.36. The molecule has 0 radical (unpaired) electrons. The summed E-state index contributed by atoms with van der Waals surface area (Å²) < 4.78 is 37.9. The highest BCUT2D eigenvalue weighted by Gasteiger charge is 2.53. The molecule has 7 heteroatoms. The van der Waals surface area contributed by atoms with Crippen molar-refractivity contribution in [2.75, 3.05) is 18.4 Å². The Morgan fingerprint density at radius 1 is 1.30 bits per heavy atom. The second kappa shape index (κ2) is 4.37. The SMILES string of the molecule is NC(=O)c1cc(C(F)(F)F)ccc1NC1C2CNCC21. The van der Waals surface area contributed by atoms with E-state index in [1.165, 1.54) is 6.07 Å². The number of primary amides is 1. The van der Waals surface area contributed by atoms with Crippen LogP contribution in [0.25, 0.3) is 0 Å². The van der Waals surface area contributed by atoms with Gasteiger partial charge in [-0.05, 0) is 30.0 Å². The zero-order chi connectivity index (χ0) is 14.5. The zero-order valence-corrected chi connectivity index (χ0v) is 10.5. The number of piperidine rings is 1. The molecule has 2 unspecified atom stereocenters. The summed E-state index contributed by atoms with van der Waals surface area (Å²) in [6.45, 7) is 1.80. The van der Waals surface area contributed by atoms with Gasteiger partial charge in [-0.1, -0.05) is 0 Å². The average molecular weight is 285 g/mol. The van der Waals surface area contributed by atoms with Crippen LogP contribution >= 0.6 is 0 Å². The molecule has 0 bridgehead atoms. The van der Waals surface area contributed by atoms with Gasteiger partial charge >= 0.3 is 6.18 Å². The number of anilines is 1. The number of carbonyl (C=O) groups is 1. The lowest BCUT2D eigenvalue weighted by Crippen LogP contribution is -2.23. The Morgan fingerprint density at radius 3 is 2.50 bits per heavy atom. The molecule has 20 heavy (non-hydrogen) atoms. The van der Waals surface area contributed by atoms with Crippen LogP contribution in [0.1, 0.15) is 15.9 Å². The predicted octanol–water partition coefficient (Wildman–Crippen LogP) is 1.43. The molecule has 1 saturated heterocycles. The topological polar surface area (TPSA) is 67.2 Å². The number of rotatable bonds is 3. The molecular weight excluding hydrogens is 271 g/mol. The van der Waals surface area contributed by atoms with Gasteiger partial charge in [0.1, 0.15) is 0 Å². The van der Waals surface area contributed by atoms with Crippen LogP contribution in [0.5, 0.6) is 0 Å². The first-order chi connectivity index (χ1) is 9.38. The van der Waals surface area contributed by atoms with Gasteiger partial charge in [0, 0.05) is 24.8 Å². The minimum absolute atomic E-state index is 0.113. The Balaban J connectivity index is 1.85. The molecule has 0 aromatic heterocycles. The summed E-state index contributed by atoms with van der Waals surface area (Å²) >= 11 is 0. The zero-order valence-electron chi connectivity index (χ0n) is 10.5. The molecule has 1 aliphatic carbocycles. The highest BCUT2D eigenvalue weighted by Crippen LogP contribution is 2.44. The fourth-order valence-corrected chi connectivity index (χ4v) is 2.86. The molecule has 4 nitrogen and oxygen atoms in total. The summed E-state index contributed by atoms with van der Waals surface area (Å²) in [7, 11) is 0. The lowest BCUT2D eigenvalue weighted by molar-refractivity contribution is -0.137. The van der Waals surface area contributed by atoms with Gasteiger partial charge in [-0.2, -0.15) is 13.2 Å². The number of hydrogen-bond acceptors (Lipinski definition) is 3. The maximum atomic E-state index is 12.6. The number of alkyl halides is 3. The number of amides is 1. The Hall–Kier alpha value is -1.76. The third-order valence-corrected chi connectivity index (χ3v) is 4.03. The van der Waals surface area contributed by atoms with Gasteiger partial charge in [0.05, 0.1) is 11.1 Å². The van der Waals surface area contributed by atoms with E-state index in [0.29, 0.717) is 17.5 Å². The van der Waals surface area contributed by atoms with E-state index in [-0.39, 0.29) is 11.6 Å². The largest absolute Gasteiger partial charge is 0.416 e. The van der Waals surface area contributed by atoms with Crippen LogP contribution in [-0.4, -0.2) is 25.0 Å². The maximum Gasteiger partial charge on any atom is 0.416 e. The monoisotopic (exact) mass is 285 g/mol. The lowest BCUT2D eigenvalue weighted by atomic mass is 10.1. The van der Waals surface area contributed by atoms with Crippen LogP contribution < -0.4 is 16.4 Å². The van der Waals surface area contributed by atoms with Gasteiger partial charge in [0.25, 0.3) is 5.91 Å². The summed E-state index contributed by atoms with van der Waals surface area (Å²) in [4.78, 5) is 11.4. The summed E-state index contributed by atoms with van der Waals surface area (Å²) in [5, 5.41) is 6.36. The second-order valence-corrected chi connectivity index (χ2v) is 5.28. The number of halogens is 3. The lowest BCUT2D eigenvalue weighted by Gasteiger charge is -2.14. The molecule has 1 aromatic carbocycles. The van der Waals surface area contributed by atoms with E-state index in [1.54, 1.807) is 0 Å². The first-order valence-corrected chi connectivity index (χ1v) is 6.36. The Kier molecular flexibility index (Phi) is 2.89. The molecule has 1 aromatic rings. The number of benzene rings is 1. The van der Waals surface area contributed by atoms with Gasteiger partial charge in [-0.3, -0.25) is 4.79 Å². The van der Waals surface area contributed by atoms with Crippen molar-refractivity contribution in [1.82, 2.24) is 5.32 Å². The van der Waals surface area contributed by atoms with Crippen molar-refractivity contribution in [1.29, 1.82) is 0 Å². The van der Waals surface area contributed by atoms with E-state index in [4.69, 9.17) is 5.73 Å². The normalized spacial score (nSPS) is 28.1. The Bertz CT molecular complexity index is 548. The molecule has 1 heterocycles. The highest BCUT2D eigenvalue weighted by molar-refractivity contribution is 5.98. The number of nitrogens with one attached hydrogen (secondary N) is 2. The van der Waals surface area contributed by atoms with Crippen LogP contribution in [-0.2, 0) is 6.18 Å². The number of fused-ring (bicyclic) bond motifs is 1. The van der Waals surface area contributed by atoms with Crippen molar-refractivity contribution in [3.8, 4) is 0 Å². The van der Waals surface area contributed by atoms with E-state index >= 15 is 0 Å². The molecule has 2 aliphatic rings. The Morgan fingerprint density at radius 2 is 1.95 bits per heavy atom. The molecule has 1 amide bonds. The van der Waals surface area contributed by atoms with Crippen LogP contribution in [0.4, 0.5) is 18.9 Å². The summed E-state index contributed by atoms with van der Waals surface area (Å²) in [5.74, 6) is 0.110. The van der Waals surface area contributed by atoms with Crippen molar-refractivity contribution < 1.29 is 18.0 Å². The second-order valence-electron chi connectivity index (χ2n) is 5.28. The van der Waals surface area contributed by atoms with Crippen LogP contribution in [0.15, 0.2) is 18.2 Å². The van der Waals surface area contributed by atoms with Gasteiger partial charge in [0.2, 0.25) is 0 Å². The van der Waals surface area contributed by atoms with Crippen molar-refractivity contribution >= 4 is 11.6 Å². The fraction of sp³-hybridized carbons (Fsp3) is 0.462. The number of nitrogens with two attached hydrogens (primary N) is 1. The van der Waals surface area contributed by atoms with Gasteiger partial charge in [-0.25, -0.2) is 0 Å². The molecule has 4 N–H and O–H groups in total. The third-order valence-electron chi connectivity index (χ3n) is 4.03. The average Bonchev–Trinajstić information content (AvgIpc) is 2.82. The van der Waals surface area contributed by atoms with E-state index in [2.05, 4.69) is 10.6 Å². The van der Waals surface area contributed by atoms with E-state index in [9.17, 15) is 18.0 Å². The van der Waals surface area contributed by atoms with Gasteiger partial charge in [-0.15, -0.1) is 0 Å². The minimum atomic E-state index is -4.48. The number of hydrogen-bond donors (Lipinski definition) is 3. The minimum Gasteiger partial charge on any atom is -0.381 e. The third kappa shape index (κ3) is 2.22. The molecule has 0 spiro atoms. The standard InChI is InChI=1S/C13H14F3N3O/c14-13(15,16)6-1-2-10(7(3-6)12(17)20)19-11-8-4-18-5-9(8)11/h1-3,8-9,11,18-19H,4-5H2,(H2,17,20). The fourth-order valence-electron chi connectivity index (χ4n) is 2.86. The van der Waals surface area contributed by atoms with Gasteiger partial charge < -0.3 is 16.4 Å². The van der Waals surface area contributed by atoms with Crippen LogP contribution in [0.3, 0.4) is 0 Å². The molecule has 2 atom stereocenters. The van der Waals surface area contributed by atoms with Crippen LogP contribution in [0, 0.1) is 11.8 Å². The molecular formula is C13H14F3N3O. The van der Waals surface area contributed by atoms with Crippen molar-refractivity contribution in [2.24, 2.45) is 17.6 Å². The van der Waals surface area contributed by atoms with E-state index in [0.717, 1.165) is 25.2 Å². The summed E-state index contributed by atoms with van der Waals surface area (Å²) in [5.41, 5.74) is 4.58. The maximum absolute atomic E-state index is 12.6. The quantitative estimate of drug-likeness (QED) is 0.787. The van der Waals surface area contributed by atoms with Crippen molar-refractivity contribution in [3.63, 3.8) is 0 Å². The van der Waals surface area contributed by atoms with E-state index in [1.807, 2.05) is 0 Å². The predicted molar refractivity (Wildman–Crippen MR) is 67.2 cm³/mol. The van der Waals surface area contributed by atoms with Crippen LogP contribution in [0.2, 0.25) is 0 Å². The molecule has 108 valence electrons. The van der Waals surface area contributed by atoms with Crippen molar-refractivity contribution in [3.05, 3.63) is 29.3 Å².